The highest BCUT2D eigenvalue weighted by Crippen LogP contribution is 2.24. The molecule has 0 unspecified atom stereocenters. The lowest BCUT2D eigenvalue weighted by Crippen LogP contribution is -2.42. The number of nitrogen functional groups attached to an aromatic ring is 2. The van der Waals surface area contributed by atoms with Gasteiger partial charge in [0.15, 0.2) is 17.0 Å². The third kappa shape index (κ3) is 7.53. The summed E-state index contributed by atoms with van der Waals surface area (Å²) in [6.07, 6.45) is 2.47. The number of hydrogen-bond donors (Lipinski definition) is 4. The number of benzene rings is 1. The van der Waals surface area contributed by atoms with Crippen LogP contribution in [-0.2, 0) is 20.9 Å². The summed E-state index contributed by atoms with van der Waals surface area (Å²) >= 11 is 0.750. The Morgan fingerprint density at radius 1 is 1.11 bits per heavy atom. The van der Waals surface area contributed by atoms with Gasteiger partial charge in [0.05, 0.1) is 35.3 Å². The molecule has 0 saturated carbocycles. The van der Waals surface area contributed by atoms with E-state index in [1.54, 1.807) is 12.1 Å². The van der Waals surface area contributed by atoms with Gasteiger partial charge in [-0.2, -0.15) is 9.97 Å². The van der Waals surface area contributed by atoms with Crippen LogP contribution in [0.15, 0.2) is 42.6 Å². The molecule has 0 aliphatic carbocycles. The second-order valence-electron chi connectivity index (χ2n) is 9.12. The molecule has 3 amide bonds. The smallest absolute Gasteiger partial charge is 0.328 e. The van der Waals surface area contributed by atoms with Crippen LogP contribution in [0.2, 0.25) is 0 Å². The fraction of sp³-hybridized carbons (Fsp3) is 0.231. The van der Waals surface area contributed by atoms with Gasteiger partial charge in [0.1, 0.15) is 6.04 Å². The molecule has 0 fully saturated rings. The van der Waals surface area contributed by atoms with Crippen molar-refractivity contribution in [3.8, 4) is 0 Å². The lowest BCUT2D eigenvalue weighted by atomic mass is 10.1. The number of hydrogen-bond acceptors (Lipinski definition) is 14. The standard InChI is InChI=1S/C26H26N10O7S/c1-43-25(40)17(3-2-10-29-24(39)18-8-9-19(44-18)36(41)42)32-23(38)14-4-6-16(7-5-14)35(13-37)12-15-11-30-22-20(31-15)21(27)33-26(28)34-22/h4-9,11,13,17H,2-3,10,12H2,1H3,(H,29,39)(H,32,38)(H4,27,28,30,33,34)/t17-/m0/s1. The quantitative estimate of drug-likeness (QED) is 0.0538. The van der Waals surface area contributed by atoms with E-state index in [1.807, 2.05) is 0 Å². The summed E-state index contributed by atoms with van der Waals surface area (Å²) in [5, 5.41) is 15.9. The number of thiophene rings is 1. The maximum absolute atomic E-state index is 12.9. The molecule has 0 aliphatic rings. The maximum Gasteiger partial charge on any atom is 0.328 e. The number of nitrogens with two attached hydrogens (primary N) is 2. The summed E-state index contributed by atoms with van der Waals surface area (Å²) in [5.74, 6) is -1.70. The molecule has 228 valence electrons. The predicted molar refractivity (Wildman–Crippen MR) is 158 cm³/mol. The average molecular weight is 623 g/mol. The summed E-state index contributed by atoms with van der Waals surface area (Å²) in [7, 11) is 1.19. The molecule has 0 aliphatic heterocycles. The first-order chi connectivity index (χ1) is 21.1. The zero-order valence-corrected chi connectivity index (χ0v) is 23.9. The van der Waals surface area contributed by atoms with Gasteiger partial charge in [-0.05, 0) is 43.2 Å². The van der Waals surface area contributed by atoms with Gasteiger partial charge in [0.25, 0.3) is 11.8 Å². The van der Waals surface area contributed by atoms with E-state index in [2.05, 4.69) is 30.6 Å². The van der Waals surface area contributed by atoms with E-state index in [9.17, 15) is 29.3 Å². The fourth-order valence-corrected chi connectivity index (χ4v) is 4.74. The van der Waals surface area contributed by atoms with Gasteiger partial charge in [0, 0.05) is 23.9 Å². The number of aromatic nitrogens is 4. The monoisotopic (exact) mass is 622 g/mol. The van der Waals surface area contributed by atoms with Crippen LogP contribution in [0.1, 0.15) is 38.6 Å². The molecule has 3 heterocycles. The number of ether oxygens (including phenoxy) is 1. The highest BCUT2D eigenvalue weighted by Gasteiger charge is 2.23. The molecule has 1 aromatic carbocycles. The molecular weight excluding hydrogens is 596 g/mol. The Balaban J connectivity index is 1.34. The molecule has 4 aromatic rings. The molecular formula is C26H26N10O7S. The van der Waals surface area contributed by atoms with Crippen LogP contribution in [0.5, 0.6) is 0 Å². The number of methoxy groups -OCH3 is 1. The van der Waals surface area contributed by atoms with Crippen LogP contribution in [0.25, 0.3) is 11.2 Å². The first kappa shape index (κ1) is 31.2. The van der Waals surface area contributed by atoms with Gasteiger partial charge >= 0.3 is 11.0 Å². The fourth-order valence-electron chi connectivity index (χ4n) is 4.00. The molecule has 1 atom stereocenters. The van der Waals surface area contributed by atoms with E-state index in [-0.39, 0.29) is 57.9 Å². The number of nitro groups is 1. The summed E-state index contributed by atoms with van der Waals surface area (Å²) in [4.78, 5) is 77.4. The van der Waals surface area contributed by atoms with Crippen LogP contribution >= 0.6 is 11.3 Å². The van der Waals surface area contributed by atoms with Crippen molar-refractivity contribution in [1.82, 2.24) is 30.6 Å². The van der Waals surface area contributed by atoms with Gasteiger partial charge in [-0.1, -0.05) is 11.3 Å². The van der Waals surface area contributed by atoms with Crippen molar-refractivity contribution in [3.05, 3.63) is 68.8 Å². The zero-order valence-electron chi connectivity index (χ0n) is 23.1. The first-order valence-electron chi connectivity index (χ1n) is 12.9. The highest BCUT2D eigenvalue weighted by atomic mass is 32.1. The lowest BCUT2D eigenvalue weighted by molar-refractivity contribution is -0.380. The Morgan fingerprint density at radius 2 is 1.86 bits per heavy atom. The van der Waals surface area contributed by atoms with Crippen molar-refractivity contribution in [2.75, 3.05) is 30.0 Å². The van der Waals surface area contributed by atoms with Crippen molar-refractivity contribution in [2.24, 2.45) is 0 Å². The Labute approximate surface area is 252 Å². The molecule has 4 rings (SSSR count). The number of esters is 1. The van der Waals surface area contributed by atoms with Crippen molar-refractivity contribution in [1.29, 1.82) is 0 Å². The second kappa shape index (κ2) is 13.9. The Kier molecular flexibility index (Phi) is 9.86. The molecule has 6 N–H and O–H groups in total. The Morgan fingerprint density at radius 3 is 2.52 bits per heavy atom. The van der Waals surface area contributed by atoms with Crippen LogP contribution in [-0.4, -0.2) is 68.7 Å². The number of nitrogens with one attached hydrogen (secondary N) is 2. The third-order valence-corrected chi connectivity index (χ3v) is 7.20. The summed E-state index contributed by atoms with van der Waals surface area (Å²) < 4.78 is 4.80. The van der Waals surface area contributed by atoms with Crippen molar-refractivity contribution in [3.63, 3.8) is 0 Å². The SMILES string of the molecule is COC(=O)[C@H](CCCNC(=O)c1ccc([N+](=O)[O-])s1)NC(=O)c1ccc(N(C=O)Cc2cnc3nc(N)nc(N)c3n2)cc1. The number of rotatable bonds is 13. The van der Waals surface area contributed by atoms with Gasteiger partial charge in [-0.25, -0.2) is 14.8 Å². The van der Waals surface area contributed by atoms with Crippen LogP contribution in [0.3, 0.4) is 0 Å². The Bertz CT molecular complexity index is 1710. The zero-order chi connectivity index (χ0) is 31.8. The van der Waals surface area contributed by atoms with E-state index in [4.69, 9.17) is 16.2 Å². The van der Waals surface area contributed by atoms with E-state index in [0.717, 1.165) is 11.3 Å². The van der Waals surface area contributed by atoms with Gasteiger partial charge in [-0.3, -0.25) is 24.5 Å². The second-order valence-corrected chi connectivity index (χ2v) is 10.2. The molecule has 0 spiro atoms. The number of anilines is 3. The minimum Gasteiger partial charge on any atom is -0.467 e. The van der Waals surface area contributed by atoms with Crippen molar-refractivity contribution >= 4 is 69.1 Å². The van der Waals surface area contributed by atoms with Gasteiger partial charge < -0.3 is 31.7 Å². The van der Waals surface area contributed by atoms with Crippen molar-refractivity contribution < 1.29 is 28.8 Å². The lowest BCUT2D eigenvalue weighted by Gasteiger charge is -2.19. The van der Waals surface area contributed by atoms with E-state index in [0.29, 0.717) is 24.2 Å². The largest absolute Gasteiger partial charge is 0.467 e. The summed E-state index contributed by atoms with van der Waals surface area (Å²) in [5.41, 5.74) is 13.0. The number of amides is 3. The highest BCUT2D eigenvalue weighted by molar-refractivity contribution is 7.17. The van der Waals surface area contributed by atoms with Gasteiger partial charge in [-0.15, -0.1) is 0 Å². The molecule has 18 heteroatoms. The molecule has 17 nitrogen and oxygen atoms in total. The topological polar surface area (TPSA) is 252 Å². The van der Waals surface area contributed by atoms with Crippen molar-refractivity contribution in [2.45, 2.75) is 25.4 Å². The normalized spacial score (nSPS) is 11.4. The van der Waals surface area contributed by atoms with E-state index in [1.165, 1.54) is 42.5 Å². The van der Waals surface area contributed by atoms with E-state index >= 15 is 0 Å². The maximum atomic E-state index is 12.9. The minimum atomic E-state index is -1.00. The molecule has 44 heavy (non-hydrogen) atoms. The number of nitrogens with zero attached hydrogens (tertiary/aromatic N) is 6. The third-order valence-electron chi connectivity index (χ3n) is 6.16. The molecule has 0 saturated heterocycles. The number of fused-ring (bicyclic) bond motifs is 1. The minimum absolute atomic E-state index is 0.0339. The Hall–Kier alpha value is -5.78. The van der Waals surface area contributed by atoms with E-state index < -0.39 is 28.7 Å². The van der Waals surface area contributed by atoms with Crippen LogP contribution in [0, 0.1) is 10.1 Å². The number of carbonyl (C=O) groups excluding carboxylic acids is 4. The average Bonchev–Trinajstić information content (AvgIpc) is 3.52. The molecule has 0 bridgehead atoms. The van der Waals surface area contributed by atoms with Crippen LogP contribution in [0.4, 0.5) is 22.5 Å². The first-order valence-corrected chi connectivity index (χ1v) is 13.7. The van der Waals surface area contributed by atoms with Gasteiger partial charge in [0.2, 0.25) is 12.4 Å². The summed E-state index contributed by atoms with van der Waals surface area (Å²) in [6, 6.07) is 7.66. The number of carbonyl (C=O) groups is 4. The summed E-state index contributed by atoms with van der Waals surface area (Å²) in [6.45, 7) is 0.186. The molecule has 0 radical (unpaired) electrons. The predicted octanol–water partition coefficient (Wildman–Crippen LogP) is 1.20. The molecule has 3 aromatic heterocycles. The van der Waals surface area contributed by atoms with Crippen LogP contribution < -0.4 is 27.0 Å².